The van der Waals surface area contributed by atoms with E-state index in [0.29, 0.717) is 0 Å². The Morgan fingerprint density at radius 2 is 2.00 bits per heavy atom. The van der Waals surface area contributed by atoms with E-state index in [1.54, 1.807) is 20.8 Å². The SMILES string of the molecule is COC(C)C(=O)NCC(C)(C)C(=O)O. The van der Waals surface area contributed by atoms with Crippen molar-refractivity contribution in [1.29, 1.82) is 0 Å². The van der Waals surface area contributed by atoms with Crippen LogP contribution in [0.1, 0.15) is 20.8 Å². The lowest BCUT2D eigenvalue weighted by molar-refractivity contribution is -0.147. The Bertz CT molecular complexity index is 225. The van der Waals surface area contributed by atoms with Crippen molar-refractivity contribution in [2.24, 2.45) is 5.41 Å². The second kappa shape index (κ2) is 4.95. The van der Waals surface area contributed by atoms with Crippen LogP contribution in [-0.2, 0) is 14.3 Å². The molecule has 14 heavy (non-hydrogen) atoms. The first-order valence-electron chi connectivity index (χ1n) is 4.35. The number of nitrogens with one attached hydrogen (secondary N) is 1. The van der Waals surface area contributed by atoms with Crippen LogP contribution in [0.3, 0.4) is 0 Å². The van der Waals surface area contributed by atoms with Gasteiger partial charge in [-0.25, -0.2) is 0 Å². The van der Waals surface area contributed by atoms with Gasteiger partial charge in [0.25, 0.3) is 0 Å². The molecule has 0 radical (unpaired) electrons. The van der Waals surface area contributed by atoms with Crippen LogP contribution in [0.5, 0.6) is 0 Å². The minimum absolute atomic E-state index is 0.0921. The first-order valence-corrected chi connectivity index (χ1v) is 4.35. The van der Waals surface area contributed by atoms with E-state index in [9.17, 15) is 9.59 Å². The number of carbonyl (C=O) groups is 2. The summed E-state index contributed by atoms with van der Waals surface area (Å²) in [6, 6.07) is 0. The number of methoxy groups -OCH3 is 1. The fourth-order valence-electron chi connectivity index (χ4n) is 0.634. The van der Waals surface area contributed by atoms with Crippen LogP contribution in [0, 0.1) is 5.41 Å². The Kier molecular flexibility index (Phi) is 4.56. The summed E-state index contributed by atoms with van der Waals surface area (Å²) in [5, 5.41) is 11.3. The Morgan fingerprint density at radius 3 is 2.36 bits per heavy atom. The highest BCUT2D eigenvalue weighted by Gasteiger charge is 2.28. The summed E-state index contributed by atoms with van der Waals surface area (Å²) >= 11 is 0. The predicted molar refractivity (Wildman–Crippen MR) is 50.9 cm³/mol. The average molecular weight is 203 g/mol. The fraction of sp³-hybridized carbons (Fsp3) is 0.778. The molecule has 0 bridgehead atoms. The number of hydrogen-bond acceptors (Lipinski definition) is 3. The molecule has 0 saturated carbocycles. The molecule has 0 aliphatic heterocycles. The van der Waals surface area contributed by atoms with E-state index >= 15 is 0 Å². The molecule has 5 heteroatoms. The molecule has 0 aliphatic rings. The van der Waals surface area contributed by atoms with Crippen LogP contribution in [0.2, 0.25) is 0 Å². The number of ether oxygens (including phenoxy) is 1. The molecule has 2 N–H and O–H groups in total. The van der Waals surface area contributed by atoms with Crippen molar-refractivity contribution in [2.75, 3.05) is 13.7 Å². The van der Waals surface area contributed by atoms with Crippen molar-refractivity contribution >= 4 is 11.9 Å². The lowest BCUT2D eigenvalue weighted by Gasteiger charge is -2.20. The van der Waals surface area contributed by atoms with Crippen molar-refractivity contribution in [3.8, 4) is 0 Å². The van der Waals surface area contributed by atoms with Crippen LogP contribution in [0.15, 0.2) is 0 Å². The maximum atomic E-state index is 11.2. The highest BCUT2D eigenvalue weighted by Crippen LogP contribution is 2.13. The summed E-state index contributed by atoms with van der Waals surface area (Å²) in [4.78, 5) is 21.9. The van der Waals surface area contributed by atoms with Gasteiger partial charge in [-0.15, -0.1) is 0 Å². The molecule has 0 aromatic carbocycles. The van der Waals surface area contributed by atoms with E-state index in [-0.39, 0.29) is 12.5 Å². The highest BCUT2D eigenvalue weighted by atomic mass is 16.5. The third kappa shape index (κ3) is 3.74. The van der Waals surface area contributed by atoms with E-state index in [1.807, 2.05) is 0 Å². The van der Waals surface area contributed by atoms with Crippen LogP contribution in [-0.4, -0.2) is 36.7 Å². The molecule has 5 nitrogen and oxygen atoms in total. The smallest absolute Gasteiger partial charge is 0.310 e. The molecule has 0 saturated heterocycles. The van der Waals surface area contributed by atoms with Gasteiger partial charge in [0.15, 0.2) is 0 Å². The molecule has 1 amide bonds. The molecule has 0 fully saturated rings. The minimum Gasteiger partial charge on any atom is -0.481 e. The van der Waals surface area contributed by atoms with E-state index in [0.717, 1.165) is 0 Å². The Labute approximate surface area is 83.4 Å². The third-order valence-corrected chi connectivity index (χ3v) is 2.01. The van der Waals surface area contributed by atoms with Gasteiger partial charge in [0.2, 0.25) is 5.91 Å². The maximum Gasteiger partial charge on any atom is 0.310 e. The molecule has 0 aliphatic carbocycles. The van der Waals surface area contributed by atoms with Gasteiger partial charge in [-0.3, -0.25) is 9.59 Å². The van der Waals surface area contributed by atoms with Crippen LogP contribution >= 0.6 is 0 Å². The summed E-state index contributed by atoms with van der Waals surface area (Å²) < 4.78 is 4.78. The number of rotatable bonds is 5. The lowest BCUT2D eigenvalue weighted by atomic mass is 9.94. The lowest BCUT2D eigenvalue weighted by Crippen LogP contribution is -2.42. The topological polar surface area (TPSA) is 75.6 Å². The highest BCUT2D eigenvalue weighted by molar-refractivity contribution is 5.81. The number of carboxylic acid groups (broad SMARTS) is 1. The van der Waals surface area contributed by atoms with Gasteiger partial charge >= 0.3 is 5.97 Å². The monoisotopic (exact) mass is 203 g/mol. The third-order valence-electron chi connectivity index (χ3n) is 2.01. The molecule has 0 heterocycles. The summed E-state index contributed by atoms with van der Waals surface area (Å²) in [5.41, 5.74) is -0.955. The van der Waals surface area contributed by atoms with Gasteiger partial charge in [-0.1, -0.05) is 0 Å². The average Bonchev–Trinajstić information content (AvgIpc) is 2.12. The van der Waals surface area contributed by atoms with Gasteiger partial charge in [0.05, 0.1) is 5.41 Å². The number of amides is 1. The number of aliphatic carboxylic acids is 1. The molecule has 82 valence electrons. The van der Waals surface area contributed by atoms with Crippen molar-refractivity contribution in [2.45, 2.75) is 26.9 Å². The van der Waals surface area contributed by atoms with Crippen LogP contribution in [0.25, 0.3) is 0 Å². The van der Waals surface area contributed by atoms with Gasteiger partial charge in [0.1, 0.15) is 6.10 Å². The van der Waals surface area contributed by atoms with Crippen molar-refractivity contribution < 1.29 is 19.4 Å². The molecular weight excluding hydrogens is 186 g/mol. The minimum atomic E-state index is -0.955. The molecule has 0 aromatic heterocycles. The number of hydrogen-bond donors (Lipinski definition) is 2. The van der Waals surface area contributed by atoms with Gasteiger partial charge < -0.3 is 15.2 Å². The zero-order valence-corrected chi connectivity index (χ0v) is 8.96. The van der Waals surface area contributed by atoms with Gasteiger partial charge in [0, 0.05) is 13.7 Å². The molecule has 0 rings (SSSR count). The number of carboxylic acids is 1. The summed E-state index contributed by atoms with van der Waals surface area (Å²) in [6.07, 6.45) is -0.556. The zero-order chi connectivity index (χ0) is 11.4. The predicted octanol–water partition coefficient (Wildman–Crippen LogP) is 0.248. The standard InChI is InChI=1S/C9H17NO4/c1-6(14-4)7(11)10-5-9(2,3)8(12)13/h6H,5H2,1-4H3,(H,10,11)(H,12,13). The summed E-state index contributed by atoms with van der Waals surface area (Å²) in [5.74, 6) is -1.25. The van der Waals surface area contributed by atoms with Gasteiger partial charge in [-0.05, 0) is 20.8 Å². The largest absolute Gasteiger partial charge is 0.481 e. The van der Waals surface area contributed by atoms with Crippen molar-refractivity contribution in [3.05, 3.63) is 0 Å². The molecule has 0 spiro atoms. The first kappa shape index (κ1) is 12.9. The quantitative estimate of drug-likeness (QED) is 0.671. The van der Waals surface area contributed by atoms with E-state index < -0.39 is 17.5 Å². The second-order valence-electron chi connectivity index (χ2n) is 3.78. The number of carbonyl (C=O) groups excluding carboxylic acids is 1. The summed E-state index contributed by atoms with van der Waals surface area (Å²) in [7, 11) is 1.42. The Balaban J connectivity index is 4.06. The normalized spacial score (nSPS) is 13.4. The fourth-order valence-corrected chi connectivity index (χ4v) is 0.634. The summed E-state index contributed by atoms with van der Waals surface area (Å²) in [6.45, 7) is 4.79. The van der Waals surface area contributed by atoms with Crippen LogP contribution < -0.4 is 5.32 Å². The van der Waals surface area contributed by atoms with E-state index in [4.69, 9.17) is 9.84 Å². The maximum absolute atomic E-state index is 11.2. The molecule has 1 unspecified atom stereocenters. The van der Waals surface area contributed by atoms with Crippen molar-refractivity contribution in [1.82, 2.24) is 5.32 Å². The molecule has 1 atom stereocenters. The Morgan fingerprint density at radius 1 is 1.50 bits per heavy atom. The van der Waals surface area contributed by atoms with Crippen molar-refractivity contribution in [3.63, 3.8) is 0 Å². The zero-order valence-electron chi connectivity index (χ0n) is 8.96. The molecular formula is C9H17NO4. The van der Waals surface area contributed by atoms with E-state index in [2.05, 4.69) is 5.32 Å². The Hall–Kier alpha value is -1.10. The molecule has 0 aromatic rings. The van der Waals surface area contributed by atoms with Crippen LogP contribution in [0.4, 0.5) is 0 Å². The van der Waals surface area contributed by atoms with Gasteiger partial charge in [-0.2, -0.15) is 0 Å². The van der Waals surface area contributed by atoms with E-state index in [1.165, 1.54) is 7.11 Å². The second-order valence-corrected chi connectivity index (χ2v) is 3.78. The first-order chi connectivity index (χ1) is 6.31.